The number of hydrogen-bond acceptors (Lipinski definition) is 2. The summed E-state index contributed by atoms with van der Waals surface area (Å²) in [6, 6.07) is 17.5. The molecule has 5 rings (SSSR count). The van der Waals surface area contributed by atoms with Gasteiger partial charge in [-0.3, -0.25) is 0 Å². The Morgan fingerprint density at radius 2 is 1.81 bits per heavy atom. The summed E-state index contributed by atoms with van der Waals surface area (Å²) >= 11 is 0. The summed E-state index contributed by atoms with van der Waals surface area (Å²) in [6.45, 7) is 14.3. The quantitative estimate of drug-likeness (QED) is 0.308. The summed E-state index contributed by atoms with van der Waals surface area (Å²) in [7, 11) is -1.98. The van der Waals surface area contributed by atoms with Crippen molar-refractivity contribution in [1.29, 1.82) is 0 Å². The maximum atomic E-state index is 13.6. The molecule has 0 bridgehead atoms. The topological polar surface area (TPSA) is 27.1 Å². The van der Waals surface area contributed by atoms with E-state index in [4.69, 9.17) is 9.52 Å². The van der Waals surface area contributed by atoms with Gasteiger partial charge in [0.15, 0.2) is 8.32 Å². The first kappa shape index (κ1) is 26.1. The van der Waals surface area contributed by atoms with Crippen LogP contribution in [-0.4, -0.2) is 24.2 Å². The second-order valence-electron chi connectivity index (χ2n) is 12.8. The van der Waals surface area contributed by atoms with Gasteiger partial charge in [-0.05, 0) is 103 Å². The van der Waals surface area contributed by atoms with E-state index in [9.17, 15) is 4.39 Å². The number of rotatable bonds is 6. The minimum absolute atomic E-state index is 0.0315. The highest BCUT2D eigenvalue weighted by atomic mass is 28.4. The molecule has 0 saturated heterocycles. The van der Waals surface area contributed by atoms with E-state index in [0.29, 0.717) is 5.92 Å². The van der Waals surface area contributed by atoms with E-state index in [1.807, 2.05) is 23.0 Å². The summed E-state index contributed by atoms with van der Waals surface area (Å²) in [6.07, 6.45) is 9.95. The first-order valence-electron chi connectivity index (χ1n) is 13.7. The van der Waals surface area contributed by atoms with Crippen LogP contribution < -0.4 is 0 Å². The monoisotopic (exact) mass is 516 g/mol. The summed E-state index contributed by atoms with van der Waals surface area (Å²) in [5.74, 6) is 0.209. The molecule has 0 unspecified atom stereocenters. The Hall–Kier alpha value is -2.50. The van der Waals surface area contributed by atoms with Gasteiger partial charge in [0.1, 0.15) is 5.82 Å². The SMILES string of the molecule is CC(C)(C)[Si](C)(C)O[C@@H](Cc1ccccc1)[C@H]1CCCC2=Cc3c(cnn3-c3ccc(F)cc3)C[C@@]21C. The standard InChI is InChI=1S/C32H41FN2OSi/c1-31(2,3)37(5,6)36-30(19-23-11-8-7-9-12-23)28-14-10-13-25-20-29-24(21-32(25,28)4)22-34-35(29)27-17-15-26(33)16-18-27/h7-9,11-12,15-18,20,22,28,30H,10,13-14,19,21H2,1-6H3/t28-,30+,32+/m1/s1. The molecule has 0 amide bonds. The second kappa shape index (κ2) is 9.67. The molecule has 0 spiro atoms. The Labute approximate surface area is 222 Å². The number of nitrogens with zero attached hydrogens (tertiary/aromatic N) is 2. The number of hydrogen-bond donors (Lipinski definition) is 0. The van der Waals surface area contributed by atoms with Crippen LogP contribution in [0.25, 0.3) is 11.8 Å². The number of halogens is 1. The van der Waals surface area contributed by atoms with E-state index in [-0.39, 0.29) is 22.4 Å². The molecule has 2 aliphatic carbocycles. The third-order valence-electron chi connectivity index (χ3n) is 9.32. The van der Waals surface area contributed by atoms with E-state index >= 15 is 0 Å². The van der Waals surface area contributed by atoms with E-state index < -0.39 is 8.32 Å². The van der Waals surface area contributed by atoms with Crippen LogP contribution in [0, 0.1) is 17.2 Å². The smallest absolute Gasteiger partial charge is 0.192 e. The minimum atomic E-state index is -1.98. The Kier molecular flexibility index (Phi) is 6.82. The highest BCUT2D eigenvalue weighted by Gasteiger charge is 2.49. The van der Waals surface area contributed by atoms with Gasteiger partial charge >= 0.3 is 0 Å². The molecule has 0 N–H and O–H groups in total. The molecule has 5 heteroatoms. The Morgan fingerprint density at radius 1 is 1.11 bits per heavy atom. The van der Waals surface area contributed by atoms with Gasteiger partial charge in [0.2, 0.25) is 0 Å². The molecule has 3 atom stereocenters. The van der Waals surface area contributed by atoms with Gasteiger partial charge in [0.05, 0.1) is 23.7 Å². The van der Waals surface area contributed by atoms with Crippen LogP contribution in [0.1, 0.15) is 63.8 Å². The van der Waals surface area contributed by atoms with Gasteiger partial charge in [0.25, 0.3) is 0 Å². The molecular weight excluding hydrogens is 475 g/mol. The van der Waals surface area contributed by atoms with Crippen molar-refractivity contribution in [2.24, 2.45) is 11.3 Å². The van der Waals surface area contributed by atoms with Crippen molar-refractivity contribution in [3.05, 3.63) is 89.0 Å². The van der Waals surface area contributed by atoms with Crippen molar-refractivity contribution >= 4 is 14.4 Å². The third kappa shape index (κ3) is 5.00. The number of fused-ring (bicyclic) bond motifs is 2. The van der Waals surface area contributed by atoms with Gasteiger partial charge in [-0.2, -0.15) is 5.10 Å². The average molecular weight is 517 g/mol. The lowest BCUT2D eigenvalue weighted by Gasteiger charge is -2.51. The highest BCUT2D eigenvalue weighted by Crippen LogP contribution is 2.54. The van der Waals surface area contributed by atoms with Crippen LogP contribution in [0.4, 0.5) is 4.39 Å². The molecule has 1 heterocycles. The molecule has 2 aromatic carbocycles. The lowest BCUT2D eigenvalue weighted by atomic mass is 9.58. The normalized spacial score (nSPS) is 22.7. The Bertz CT molecular complexity index is 1270. The van der Waals surface area contributed by atoms with Crippen molar-refractivity contribution in [3.8, 4) is 5.69 Å². The number of allylic oxidation sites excluding steroid dienone is 1. The van der Waals surface area contributed by atoms with Gasteiger partial charge in [0, 0.05) is 0 Å². The highest BCUT2D eigenvalue weighted by molar-refractivity contribution is 6.74. The molecule has 1 fully saturated rings. The van der Waals surface area contributed by atoms with E-state index in [2.05, 4.69) is 77.2 Å². The molecule has 1 saturated carbocycles. The van der Waals surface area contributed by atoms with E-state index in [1.165, 1.54) is 41.7 Å². The van der Waals surface area contributed by atoms with Crippen LogP contribution in [0.3, 0.4) is 0 Å². The second-order valence-corrected chi connectivity index (χ2v) is 17.6. The van der Waals surface area contributed by atoms with Gasteiger partial charge in [-0.25, -0.2) is 9.07 Å². The van der Waals surface area contributed by atoms with Crippen LogP contribution in [0.5, 0.6) is 0 Å². The maximum absolute atomic E-state index is 13.6. The summed E-state index contributed by atoms with van der Waals surface area (Å²) in [4.78, 5) is 0. The molecular formula is C32H41FN2OSi. The predicted molar refractivity (Wildman–Crippen MR) is 153 cm³/mol. The zero-order valence-electron chi connectivity index (χ0n) is 23.2. The van der Waals surface area contributed by atoms with Crippen molar-refractivity contribution in [2.75, 3.05) is 0 Å². The van der Waals surface area contributed by atoms with Crippen LogP contribution in [-0.2, 0) is 17.3 Å². The fraction of sp³-hybridized carbons (Fsp3) is 0.469. The fourth-order valence-corrected chi connectivity index (χ4v) is 7.49. The molecule has 0 aliphatic heterocycles. The molecule has 196 valence electrons. The van der Waals surface area contributed by atoms with Crippen LogP contribution in [0.15, 0.2) is 66.4 Å². The molecule has 3 aromatic rings. The zero-order valence-corrected chi connectivity index (χ0v) is 24.2. The maximum Gasteiger partial charge on any atom is 0.192 e. The van der Waals surface area contributed by atoms with Gasteiger partial charge in [-0.15, -0.1) is 0 Å². The van der Waals surface area contributed by atoms with E-state index in [1.54, 1.807) is 0 Å². The average Bonchev–Trinajstić information content (AvgIpc) is 3.24. The molecule has 0 radical (unpaired) electrons. The van der Waals surface area contributed by atoms with Crippen LogP contribution >= 0.6 is 0 Å². The van der Waals surface area contributed by atoms with Crippen molar-refractivity contribution in [3.63, 3.8) is 0 Å². The molecule has 37 heavy (non-hydrogen) atoms. The minimum Gasteiger partial charge on any atom is -0.413 e. The summed E-state index contributed by atoms with van der Waals surface area (Å²) < 4.78 is 22.8. The first-order chi connectivity index (χ1) is 17.5. The van der Waals surface area contributed by atoms with Crippen molar-refractivity contribution < 1.29 is 8.82 Å². The van der Waals surface area contributed by atoms with Crippen LogP contribution in [0.2, 0.25) is 18.1 Å². The largest absolute Gasteiger partial charge is 0.413 e. The first-order valence-corrected chi connectivity index (χ1v) is 16.6. The number of benzene rings is 2. The van der Waals surface area contributed by atoms with Crippen molar-refractivity contribution in [1.82, 2.24) is 9.78 Å². The Balaban J connectivity index is 1.51. The Morgan fingerprint density at radius 3 is 2.49 bits per heavy atom. The molecule has 3 nitrogen and oxygen atoms in total. The fourth-order valence-electron chi connectivity index (χ4n) is 6.13. The third-order valence-corrected chi connectivity index (χ3v) is 13.8. The van der Waals surface area contributed by atoms with Crippen molar-refractivity contribution in [2.45, 2.75) is 84.0 Å². The zero-order chi connectivity index (χ0) is 26.4. The lowest BCUT2D eigenvalue weighted by Crippen LogP contribution is -2.51. The lowest BCUT2D eigenvalue weighted by molar-refractivity contribution is 0.0312. The van der Waals surface area contributed by atoms with E-state index in [0.717, 1.165) is 30.6 Å². The summed E-state index contributed by atoms with van der Waals surface area (Å²) in [5, 5.41) is 4.90. The predicted octanol–water partition coefficient (Wildman–Crippen LogP) is 8.39. The van der Waals surface area contributed by atoms with Gasteiger partial charge < -0.3 is 4.43 Å². The molecule has 2 aliphatic rings. The van der Waals surface area contributed by atoms with Gasteiger partial charge in [-0.1, -0.05) is 63.6 Å². The number of aromatic nitrogens is 2. The molecule has 1 aromatic heterocycles. The summed E-state index contributed by atoms with van der Waals surface area (Å²) in [5.41, 5.74) is 6.21.